The number of carbonyl (C=O) groups is 2. The average Bonchev–Trinajstić information content (AvgIpc) is 2.67. The van der Waals surface area contributed by atoms with Gasteiger partial charge in [-0.2, -0.15) is 0 Å². The molecule has 2 aromatic carbocycles. The lowest BCUT2D eigenvalue weighted by Gasteiger charge is -2.36. The van der Waals surface area contributed by atoms with Crippen molar-refractivity contribution in [2.45, 2.75) is 32.7 Å². The number of alkyl halides is 1. The fourth-order valence-corrected chi connectivity index (χ4v) is 3.51. The van der Waals surface area contributed by atoms with Crippen LogP contribution in [0.15, 0.2) is 42.5 Å². The van der Waals surface area contributed by atoms with Gasteiger partial charge in [0.25, 0.3) is 5.91 Å². The first-order chi connectivity index (χ1) is 12.4. The van der Waals surface area contributed by atoms with Crippen molar-refractivity contribution in [3.05, 3.63) is 48.0 Å². The molecule has 1 heterocycles. The molecule has 0 aliphatic carbocycles. The fraction of sp³-hybridized carbons (Fsp3) is 0.429. The third kappa shape index (κ3) is 3.85. The van der Waals surface area contributed by atoms with Crippen molar-refractivity contribution in [2.24, 2.45) is 5.41 Å². The fourth-order valence-electron chi connectivity index (χ4n) is 3.40. The minimum absolute atomic E-state index is 0.0485. The smallest absolute Gasteiger partial charge is 0.252 e. The van der Waals surface area contributed by atoms with Crippen LogP contribution in [0.1, 0.15) is 37.0 Å². The number of nitrogens with one attached hydrogen (secondary N) is 1. The zero-order chi connectivity index (χ0) is 18.7. The van der Waals surface area contributed by atoms with Crippen LogP contribution in [0.5, 0.6) is 0 Å². The Morgan fingerprint density at radius 2 is 1.77 bits per heavy atom. The second kappa shape index (κ2) is 7.67. The van der Waals surface area contributed by atoms with Crippen LogP contribution in [0.3, 0.4) is 0 Å². The molecule has 138 valence electrons. The van der Waals surface area contributed by atoms with Gasteiger partial charge in [0.05, 0.1) is 5.41 Å². The van der Waals surface area contributed by atoms with Crippen LogP contribution in [0.2, 0.25) is 0 Å². The number of nitrogens with zero attached hydrogens (tertiary/aromatic N) is 1. The Kier molecular flexibility index (Phi) is 5.52. The number of fused-ring (bicyclic) bond motifs is 1. The molecule has 1 fully saturated rings. The molecule has 0 aromatic heterocycles. The first-order valence-corrected chi connectivity index (χ1v) is 9.60. The Balaban J connectivity index is 1.63. The molecule has 3 rings (SSSR count). The molecular formula is C21H25ClN2O2. The van der Waals surface area contributed by atoms with Gasteiger partial charge in [-0.05, 0) is 43.5 Å². The summed E-state index contributed by atoms with van der Waals surface area (Å²) in [4.78, 5) is 27.1. The van der Waals surface area contributed by atoms with Gasteiger partial charge in [0.1, 0.15) is 0 Å². The van der Waals surface area contributed by atoms with Crippen molar-refractivity contribution in [1.82, 2.24) is 10.2 Å². The van der Waals surface area contributed by atoms with Crippen molar-refractivity contribution in [3.63, 3.8) is 0 Å². The van der Waals surface area contributed by atoms with E-state index in [1.807, 2.05) is 61.2 Å². The Morgan fingerprint density at radius 1 is 1.12 bits per heavy atom. The first kappa shape index (κ1) is 18.7. The number of carbonyl (C=O) groups excluding carboxylic acids is 2. The first-order valence-electron chi connectivity index (χ1n) is 9.06. The predicted octanol–water partition coefficient (Wildman–Crippen LogP) is 3.83. The van der Waals surface area contributed by atoms with Gasteiger partial charge in [-0.15, -0.1) is 11.6 Å². The van der Waals surface area contributed by atoms with Crippen LogP contribution >= 0.6 is 11.6 Å². The summed E-state index contributed by atoms with van der Waals surface area (Å²) in [5.41, 5.74) is 0.158. The Morgan fingerprint density at radius 3 is 2.46 bits per heavy atom. The molecule has 4 nitrogen and oxygen atoms in total. The van der Waals surface area contributed by atoms with Crippen LogP contribution in [-0.2, 0) is 4.79 Å². The number of halogens is 1. The van der Waals surface area contributed by atoms with Crippen molar-refractivity contribution in [2.75, 3.05) is 19.0 Å². The summed E-state index contributed by atoms with van der Waals surface area (Å²) in [5.74, 6) is 0.350. The number of likely N-dealkylation sites (tertiary alicyclic amines) is 1. The molecule has 0 atom stereocenters. The summed E-state index contributed by atoms with van der Waals surface area (Å²) in [5, 5.41) is 5.16. The largest absolute Gasteiger partial charge is 0.349 e. The van der Waals surface area contributed by atoms with Gasteiger partial charge in [-0.25, -0.2) is 0 Å². The van der Waals surface area contributed by atoms with E-state index >= 15 is 0 Å². The molecule has 0 bridgehead atoms. The number of hydrogen-bond acceptors (Lipinski definition) is 2. The topological polar surface area (TPSA) is 49.4 Å². The second-order valence-electron chi connectivity index (χ2n) is 7.58. The summed E-state index contributed by atoms with van der Waals surface area (Å²) < 4.78 is 0. The third-order valence-electron chi connectivity index (χ3n) is 5.06. The summed E-state index contributed by atoms with van der Waals surface area (Å²) in [7, 11) is 0. The molecule has 26 heavy (non-hydrogen) atoms. The van der Waals surface area contributed by atoms with Crippen molar-refractivity contribution in [3.8, 4) is 0 Å². The zero-order valence-electron chi connectivity index (χ0n) is 15.3. The molecule has 0 radical (unpaired) electrons. The van der Waals surface area contributed by atoms with E-state index < -0.39 is 5.41 Å². The van der Waals surface area contributed by atoms with E-state index in [-0.39, 0.29) is 17.9 Å². The maximum Gasteiger partial charge on any atom is 0.252 e. The van der Waals surface area contributed by atoms with E-state index in [0.29, 0.717) is 24.5 Å². The molecule has 5 heteroatoms. The lowest BCUT2D eigenvalue weighted by molar-refractivity contribution is -0.140. The summed E-state index contributed by atoms with van der Waals surface area (Å²) in [6.07, 6.45) is 1.53. The Labute approximate surface area is 159 Å². The molecule has 1 saturated heterocycles. The molecule has 0 unspecified atom stereocenters. The van der Waals surface area contributed by atoms with Crippen LogP contribution in [-0.4, -0.2) is 41.7 Å². The highest BCUT2D eigenvalue weighted by Gasteiger charge is 2.33. The van der Waals surface area contributed by atoms with E-state index in [9.17, 15) is 9.59 Å². The maximum absolute atomic E-state index is 12.7. The molecule has 1 aliphatic heterocycles. The average molecular weight is 373 g/mol. The third-order valence-corrected chi connectivity index (χ3v) is 5.73. The summed E-state index contributed by atoms with van der Waals surface area (Å²) >= 11 is 5.92. The van der Waals surface area contributed by atoms with Gasteiger partial charge >= 0.3 is 0 Å². The molecule has 1 N–H and O–H groups in total. The van der Waals surface area contributed by atoms with Crippen molar-refractivity contribution < 1.29 is 9.59 Å². The highest BCUT2D eigenvalue weighted by atomic mass is 35.5. The van der Waals surface area contributed by atoms with Crippen molar-refractivity contribution in [1.29, 1.82) is 0 Å². The quantitative estimate of drug-likeness (QED) is 0.829. The number of amides is 2. The minimum atomic E-state index is -0.541. The van der Waals surface area contributed by atoms with Crippen LogP contribution in [0.4, 0.5) is 0 Å². The summed E-state index contributed by atoms with van der Waals surface area (Å²) in [6, 6.07) is 13.8. The highest BCUT2D eigenvalue weighted by Crippen LogP contribution is 2.24. The minimum Gasteiger partial charge on any atom is -0.349 e. The SMILES string of the molecule is CC(C)(CCl)C(=O)N1CCC(NC(=O)c2cccc3ccccc23)CC1. The van der Waals surface area contributed by atoms with Crippen LogP contribution < -0.4 is 5.32 Å². The molecule has 0 spiro atoms. The van der Waals surface area contributed by atoms with E-state index in [1.165, 1.54) is 0 Å². The van der Waals surface area contributed by atoms with Crippen LogP contribution in [0, 0.1) is 5.41 Å². The number of benzene rings is 2. The van der Waals surface area contributed by atoms with E-state index in [4.69, 9.17) is 11.6 Å². The lowest BCUT2D eigenvalue weighted by Crippen LogP contribution is -2.50. The normalized spacial score (nSPS) is 15.9. The predicted molar refractivity (Wildman–Crippen MR) is 106 cm³/mol. The van der Waals surface area contributed by atoms with Gasteiger partial charge in [0, 0.05) is 30.6 Å². The lowest BCUT2D eigenvalue weighted by atomic mass is 9.92. The molecular weight excluding hydrogens is 348 g/mol. The standard InChI is InChI=1S/C21H25ClN2O2/c1-21(2,14-22)20(26)24-12-10-16(11-13-24)23-19(25)18-9-5-7-15-6-3-4-8-17(15)18/h3-9,16H,10-14H2,1-2H3,(H,23,25). The highest BCUT2D eigenvalue weighted by molar-refractivity contribution is 6.19. The molecule has 2 aromatic rings. The van der Waals surface area contributed by atoms with Gasteiger partial charge in [0.2, 0.25) is 5.91 Å². The number of piperidine rings is 1. The molecule has 1 aliphatic rings. The monoisotopic (exact) mass is 372 g/mol. The van der Waals surface area contributed by atoms with E-state index in [0.717, 1.165) is 23.6 Å². The molecule has 2 amide bonds. The van der Waals surface area contributed by atoms with Crippen LogP contribution in [0.25, 0.3) is 10.8 Å². The number of hydrogen-bond donors (Lipinski definition) is 1. The Hall–Kier alpha value is -2.07. The van der Waals surface area contributed by atoms with Gasteiger partial charge in [0.15, 0.2) is 0 Å². The maximum atomic E-state index is 12.7. The van der Waals surface area contributed by atoms with Gasteiger partial charge in [-0.1, -0.05) is 36.4 Å². The Bertz CT molecular complexity index is 805. The van der Waals surface area contributed by atoms with E-state index in [1.54, 1.807) is 0 Å². The van der Waals surface area contributed by atoms with Crippen molar-refractivity contribution >= 4 is 34.2 Å². The zero-order valence-corrected chi connectivity index (χ0v) is 16.1. The van der Waals surface area contributed by atoms with Gasteiger partial charge < -0.3 is 10.2 Å². The number of rotatable bonds is 4. The summed E-state index contributed by atoms with van der Waals surface area (Å²) in [6.45, 7) is 5.05. The van der Waals surface area contributed by atoms with Gasteiger partial charge in [-0.3, -0.25) is 9.59 Å². The van der Waals surface area contributed by atoms with E-state index in [2.05, 4.69) is 5.32 Å². The molecule has 0 saturated carbocycles. The second-order valence-corrected chi connectivity index (χ2v) is 7.85.